The molecule has 0 unspecified atom stereocenters. The molecule has 4 rings (SSSR count). The Morgan fingerprint density at radius 2 is 1.63 bits per heavy atom. The summed E-state index contributed by atoms with van der Waals surface area (Å²) in [6.45, 7) is 0.380. The molecule has 0 amide bonds. The SMILES string of the molecule is O=COc1ccccc1-c1ncc(O)c2ccc(Oc3ccccc3)cc12. The number of benzene rings is 3. The largest absolute Gasteiger partial charge is 0.506 e. The Morgan fingerprint density at radius 1 is 0.852 bits per heavy atom. The van der Waals surface area contributed by atoms with Crippen LogP contribution in [-0.2, 0) is 4.79 Å². The molecule has 0 atom stereocenters. The van der Waals surface area contributed by atoms with Crippen LogP contribution in [0.4, 0.5) is 0 Å². The van der Waals surface area contributed by atoms with Crippen molar-refractivity contribution in [2.24, 2.45) is 0 Å². The van der Waals surface area contributed by atoms with E-state index in [0.717, 1.165) is 0 Å². The highest BCUT2D eigenvalue weighted by molar-refractivity contribution is 5.99. The summed E-state index contributed by atoms with van der Waals surface area (Å²) in [5.41, 5.74) is 1.23. The zero-order chi connectivity index (χ0) is 18.6. The van der Waals surface area contributed by atoms with Gasteiger partial charge in [-0.05, 0) is 42.5 Å². The number of ether oxygens (including phenoxy) is 2. The summed E-state index contributed by atoms with van der Waals surface area (Å²) in [6.07, 6.45) is 1.38. The van der Waals surface area contributed by atoms with Crippen LogP contribution in [0.2, 0.25) is 0 Å². The number of rotatable bonds is 5. The maximum Gasteiger partial charge on any atom is 0.298 e. The van der Waals surface area contributed by atoms with Gasteiger partial charge in [-0.25, -0.2) is 0 Å². The van der Waals surface area contributed by atoms with Gasteiger partial charge in [0.15, 0.2) is 0 Å². The van der Waals surface area contributed by atoms with Gasteiger partial charge in [-0.15, -0.1) is 0 Å². The molecule has 0 bridgehead atoms. The van der Waals surface area contributed by atoms with Gasteiger partial charge in [0.1, 0.15) is 23.0 Å². The third-order valence-electron chi connectivity index (χ3n) is 4.13. The van der Waals surface area contributed by atoms with Gasteiger partial charge in [-0.2, -0.15) is 0 Å². The third-order valence-corrected chi connectivity index (χ3v) is 4.13. The Morgan fingerprint density at radius 3 is 2.44 bits per heavy atom. The Bertz CT molecular complexity index is 1110. The van der Waals surface area contributed by atoms with Crippen molar-refractivity contribution in [1.29, 1.82) is 0 Å². The van der Waals surface area contributed by atoms with Crippen LogP contribution in [0.3, 0.4) is 0 Å². The molecule has 0 spiro atoms. The van der Waals surface area contributed by atoms with E-state index in [9.17, 15) is 9.90 Å². The van der Waals surface area contributed by atoms with Crippen molar-refractivity contribution in [2.75, 3.05) is 0 Å². The highest BCUT2D eigenvalue weighted by Gasteiger charge is 2.14. The Hall–Kier alpha value is -3.86. The van der Waals surface area contributed by atoms with E-state index in [4.69, 9.17) is 9.47 Å². The van der Waals surface area contributed by atoms with E-state index in [1.165, 1.54) is 6.20 Å². The summed E-state index contributed by atoms with van der Waals surface area (Å²) in [5.74, 6) is 1.77. The first kappa shape index (κ1) is 16.6. The highest BCUT2D eigenvalue weighted by atomic mass is 16.5. The fourth-order valence-electron chi connectivity index (χ4n) is 2.93. The quantitative estimate of drug-likeness (QED) is 0.513. The van der Waals surface area contributed by atoms with Crippen molar-refractivity contribution in [1.82, 2.24) is 4.98 Å². The lowest BCUT2D eigenvalue weighted by molar-refractivity contribution is -0.120. The molecular formula is C22H15NO4. The molecule has 1 heterocycles. The smallest absolute Gasteiger partial charge is 0.298 e. The van der Waals surface area contributed by atoms with Crippen LogP contribution in [0, 0.1) is 0 Å². The summed E-state index contributed by atoms with van der Waals surface area (Å²) in [5, 5.41) is 11.5. The van der Waals surface area contributed by atoms with Crippen LogP contribution in [-0.4, -0.2) is 16.6 Å². The number of aromatic hydroxyl groups is 1. The summed E-state index contributed by atoms with van der Waals surface area (Å²) in [6, 6.07) is 21.9. The van der Waals surface area contributed by atoms with Crippen molar-refractivity contribution in [2.45, 2.75) is 0 Å². The van der Waals surface area contributed by atoms with Gasteiger partial charge in [0.25, 0.3) is 6.47 Å². The van der Waals surface area contributed by atoms with Crippen molar-refractivity contribution < 1.29 is 19.4 Å². The lowest BCUT2D eigenvalue weighted by Gasteiger charge is -2.12. The zero-order valence-corrected chi connectivity index (χ0v) is 14.2. The molecular weight excluding hydrogens is 342 g/mol. The van der Waals surface area contributed by atoms with E-state index in [-0.39, 0.29) is 5.75 Å². The minimum atomic E-state index is 0.0637. The standard InChI is InChI=1S/C22H15NO4/c24-14-26-21-9-5-4-8-18(21)22-19-12-16(27-15-6-2-1-3-7-15)10-11-17(19)20(25)13-23-22/h1-14,25H. The third kappa shape index (κ3) is 3.30. The van der Waals surface area contributed by atoms with E-state index < -0.39 is 0 Å². The number of hydrogen-bond acceptors (Lipinski definition) is 5. The summed E-state index contributed by atoms with van der Waals surface area (Å²) >= 11 is 0. The lowest BCUT2D eigenvalue weighted by Crippen LogP contribution is -1.94. The Labute approximate surface area is 155 Å². The van der Waals surface area contributed by atoms with Crippen molar-refractivity contribution >= 4 is 17.2 Å². The number of carbonyl (C=O) groups excluding carboxylic acids is 1. The molecule has 0 aliphatic carbocycles. The van der Waals surface area contributed by atoms with E-state index in [1.807, 2.05) is 48.5 Å². The van der Waals surface area contributed by atoms with Gasteiger partial charge in [0, 0.05) is 16.3 Å². The fraction of sp³-hybridized carbons (Fsp3) is 0. The van der Waals surface area contributed by atoms with Crippen LogP contribution in [0.25, 0.3) is 22.0 Å². The van der Waals surface area contributed by atoms with Crippen molar-refractivity contribution in [3.05, 3.63) is 79.0 Å². The average molecular weight is 357 g/mol. The van der Waals surface area contributed by atoms with Crippen molar-refractivity contribution in [3.8, 4) is 34.3 Å². The molecule has 3 aromatic carbocycles. The van der Waals surface area contributed by atoms with Crippen molar-refractivity contribution in [3.63, 3.8) is 0 Å². The monoisotopic (exact) mass is 357 g/mol. The van der Waals surface area contributed by atoms with Crippen LogP contribution < -0.4 is 9.47 Å². The molecule has 0 saturated carbocycles. The summed E-state index contributed by atoms with van der Waals surface area (Å²) < 4.78 is 11.0. The molecule has 0 fully saturated rings. The van der Waals surface area contributed by atoms with Gasteiger partial charge >= 0.3 is 0 Å². The van der Waals surface area contributed by atoms with Gasteiger partial charge < -0.3 is 14.6 Å². The van der Waals surface area contributed by atoms with Gasteiger partial charge in [0.05, 0.1) is 11.9 Å². The van der Waals surface area contributed by atoms with E-state index in [0.29, 0.717) is 45.8 Å². The average Bonchev–Trinajstić information content (AvgIpc) is 2.70. The van der Waals surface area contributed by atoms with Crippen LogP contribution in [0.5, 0.6) is 23.0 Å². The minimum Gasteiger partial charge on any atom is -0.506 e. The van der Waals surface area contributed by atoms with E-state index >= 15 is 0 Å². The number of hydrogen-bond donors (Lipinski definition) is 1. The lowest BCUT2D eigenvalue weighted by atomic mass is 10.0. The number of fused-ring (bicyclic) bond motifs is 1. The Balaban J connectivity index is 1.87. The fourth-order valence-corrected chi connectivity index (χ4v) is 2.93. The second kappa shape index (κ2) is 7.17. The first-order valence-corrected chi connectivity index (χ1v) is 8.30. The van der Waals surface area contributed by atoms with Gasteiger partial charge in [-0.1, -0.05) is 30.3 Å². The molecule has 132 valence electrons. The number of nitrogens with zero attached hydrogens (tertiary/aromatic N) is 1. The first-order chi connectivity index (χ1) is 13.3. The maximum atomic E-state index is 10.8. The van der Waals surface area contributed by atoms with Crippen LogP contribution in [0.15, 0.2) is 79.0 Å². The topological polar surface area (TPSA) is 68.7 Å². The molecule has 4 aromatic rings. The van der Waals surface area contributed by atoms with Crippen LogP contribution in [0.1, 0.15) is 0 Å². The molecule has 5 heteroatoms. The van der Waals surface area contributed by atoms with Crippen LogP contribution >= 0.6 is 0 Å². The predicted octanol–water partition coefficient (Wildman–Crippen LogP) is 4.93. The molecule has 0 aliphatic heterocycles. The minimum absolute atomic E-state index is 0.0637. The predicted molar refractivity (Wildman–Crippen MR) is 102 cm³/mol. The molecule has 0 radical (unpaired) electrons. The normalized spacial score (nSPS) is 10.5. The zero-order valence-electron chi connectivity index (χ0n) is 14.2. The van der Waals surface area contributed by atoms with Gasteiger partial charge in [0.2, 0.25) is 0 Å². The molecule has 1 aromatic heterocycles. The molecule has 5 nitrogen and oxygen atoms in total. The second-order valence-electron chi connectivity index (χ2n) is 5.82. The highest BCUT2D eigenvalue weighted by Crippen LogP contribution is 2.38. The number of para-hydroxylation sites is 2. The number of pyridine rings is 1. The molecule has 0 saturated heterocycles. The van der Waals surface area contributed by atoms with Gasteiger partial charge in [-0.3, -0.25) is 9.78 Å². The summed E-state index contributed by atoms with van der Waals surface area (Å²) in [4.78, 5) is 15.2. The maximum absolute atomic E-state index is 10.8. The molecule has 27 heavy (non-hydrogen) atoms. The molecule has 0 aliphatic rings. The Kier molecular flexibility index (Phi) is 4.41. The second-order valence-corrected chi connectivity index (χ2v) is 5.82. The summed E-state index contributed by atoms with van der Waals surface area (Å²) in [7, 11) is 0. The molecule has 1 N–H and O–H groups in total. The van der Waals surface area contributed by atoms with E-state index in [2.05, 4.69) is 4.98 Å². The first-order valence-electron chi connectivity index (χ1n) is 8.30. The number of aromatic nitrogens is 1. The number of carbonyl (C=O) groups is 1. The van der Waals surface area contributed by atoms with E-state index in [1.54, 1.807) is 24.3 Å².